The van der Waals surface area contributed by atoms with E-state index in [9.17, 15) is 9.59 Å². The van der Waals surface area contributed by atoms with E-state index in [-0.39, 0.29) is 17.5 Å². The van der Waals surface area contributed by atoms with Crippen molar-refractivity contribution in [2.24, 2.45) is 5.41 Å². The van der Waals surface area contributed by atoms with Gasteiger partial charge < -0.3 is 10.6 Å². The highest BCUT2D eigenvalue weighted by Crippen LogP contribution is 2.15. The Morgan fingerprint density at radius 2 is 1.42 bits per heavy atom. The molecule has 2 aromatic rings. The van der Waals surface area contributed by atoms with Crippen molar-refractivity contribution in [3.63, 3.8) is 0 Å². The van der Waals surface area contributed by atoms with Gasteiger partial charge in [-0.25, -0.2) is 0 Å². The van der Waals surface area contributed by atoms with Gasteiger partial charge in [-0.05, 0) is 23.8 Å². The molecule has 0 saturated carbocycles. The third-order valence-corrected chi connectivity index (χ3v) is 3.32. The smallest absolute Gasteiger partial charge is 0.272 e. The van der Waals surface area contributed by atoms with Crippen LogP contribution in [0.5, 0.6) is 0 Å². The number of hydrogen-bond donors (Lipinski definition) is 2. The number of hydrogen-bond acceptors (Lipinski definition) is 2. The zero-order valence-electron chi connectivity index (χ0n) is 14.2. The molecule has 0 unspecified atom stereocenters. The zero-order chi connectivity index (χ0) is 17.6. The van der Waals surface area contributed by atoms with Crippen LogP contribution in [0.1, 0.15) is 26.3 Å². The van der Waals surface area contributed by atoms with Gasteiger partial charge in [-0.1, -0.05) is 69.3 Å². The minimum atomic E-state index is -0.594. The maximum Gasteiger partial charge on any atom is 0.272 e. The lowest BCUT2D eigenvalue weighted by atomic mass is 9.95. The number of anilines is 1. The molecule has 0 aromatic heterocycles. The zero-order valence-corrected chi connectivity index (χ0v) is 14.2. The molecule has 0 radical (unpaired) electrons. The molecule has 0 spiro atoms. The van der Waals surface area contributed by atoms with E-state index in [0.29, 0.717) is 5.69 Å². The lowest BCUT2D eigenvalue weighted by molar-refractivity contribution is -0.128. The number of nitrogens with one attached hydrogen (secondary N) is 2. The average molecular weight is 322 g/mol. The van der Waals surface area contributed by atoms with E-state index >= 15 is 0 Å². The second-order valence-electron chi connectivity index (χ2n) is 6.49. The Kier molecular flexibility index (Phi) is 5.53. The van der Waals surface area contributed by atoms with Crippen LogP contribution in [0.25, 0.3) is 6.08 Å². The first kappa shape index (κ1) is 17.5. The Balaban J connectivity index is 2.27. The highest BCUT2D eigenvalue weighted by Gasteiger charge is 2.24. The van der Waals surface area contributed by atoms with Gasteiger partial charge in [-0.2, -0.15) is 0 Å². The molecule has 0 bridgehead atoms. The quantitative estimate of drug-likeness (QED) is 0.841. The molecule has 124 valence electrons. The fourth-order valence-corrected chi connectivity index (χ4v) is 1.90. The van der Waals surface area contributed by atoms with E-state index < -0.39 is 5.41 Å². The van der Waals surface area contributed by atoms with Crippen molar-refractivity contribution in [2.75, 3.05) is 5.32 Å². The summed E-state index contributed by atoms with van der Waals surface area (Å²) in [6, 6.07) is 18.5. The molecule has 0 saturated heterocycles. The summed E-state index contributed by atoms with van der Waals surface area (Å²) in [7, 11) is 0. The van der Waals surface area contributed by atoms with E-state index in [1.807, 2.05) is 48.5 Å². The number of rotatable bonds is 4. The summed E-state index contributed by atoms with van der Waals surface area (Å²) in [6.07, 6.45) is 1.67. The number of benzene rings is 2. The van der Waals surface area contributed by atoms with Crippen LogP contribution in [-0.4, -0.2) is 11.8 Å². The van der Waals surface area contributed by atoms with Gasteiger partial charge in [0, 0.05) is 11.1 Å². The summed E-state index contributed by atoms with van der Waals surface area (Å²) in [5, 5.41) is 5.53. The topological polar surface area (TPSA) is 58.2 Å². The fraction of sp³-hybridized carbons (Fsp3) is 0.200. The van der Waals surface area contributed by atoms with Gasteiger partial charge in [0.1, 0.15) is 5.70 Å². The van der Waals surface area contributed by atoms with Crippen LogP contribution in [0, 0.1) is 5.41 Å². The van der Waals surface area contributed by atoms with Crippen molar-refractivity contribution in [2.45, 2.75) is 20.8 Å². The highest BCUT2D eigenvalue weighted by atomic mass is 16.2. The second kappa shape index (κ2) is 7.59. The number of amides is 2. The van der Waals surface area contributed by atoms with Crippen LogP contribution in [-0.2, 0) is 9.59 Å². The fourth-order valence-electron chi connectivity index (χ4n) is 1.90. The van der Waals surface area contributed by atoms with Crippen LogP contribution < -0.4 is 10.6 Å². The van der Waals surface area contributed by atoms with Gasteiger partial charge in [-0.15, -0.1) is 0 Å². The van der Waals surface area contributed by atoms with E-state index in [4.69, 9.17) is 0 Å². The molecule has 4 heteroatoms. The molecule has 2 N–H and O–H groups in total. The Morgan fingerprint density at radius 3 is 1.96 bits per heavy atom. The molecule has 0 aliphatic carbocycles. The second-order valence-corrected chi connectivity index (χ2v) is 6.49. The largest absolute Gasteiger partial charge is 0.321 e. The lowest BCUT2D eigenvalue weighted by Gasteiger charge is -2.19. The first-order valence-corrected chi connectivity index (χ1v) is 7.81. The standard InChI is InChI=1S/C20H22N2O2/c1-20(2,3)19(24)22-17(14-15-10-6-4-7-11-15)18(23)21-16-12-8-5-9-13-16/h4-14H,1-3H3,(H,21,23)(H,22,24)/b17-14+. The first-order chi connectivity index (χ1) is 11.4. The molecule has 0 aliphatic rings. The Hall–Kier alpha value is -2.88. The van der Waals surface area contributed by atoms with E-state index in [0.717, 1.165) is 5.56 Å². The molecule has 24 heavy (non-hydrogen) atoms. The molecule has 2 aromatic carbocycles. The van der Waals surface area contributed by atoms with Gasteiger partial charge in [0.2, 0.25) is 5.91 Å². The lowest BCUT2D eigenvalue weighted by Crippen LogP contribution is -2.38. The highest BCUT2D eigenvalue weighted by molar-refractivity contribution is 6.09. The van der Waals surface area contributed by atoms with Crippen LogP contribution in [0.4, 0.5) is 5.69 Å². The molecule has 4 nitrogen and oxygen atoms in total. The minimum Gasteiger partial charge on any atom is -0.321 e. The first-order valence-electron chi connectivity index (χ1n) is 7.81. The van der Waals surface area contributed by atoms with Gasteiger partial charge in [0.15, 0.2) is 0 Å². The van der Waals surface area contributed by atoms with E-state index in [1.54, 1.807) is 39.0 Å². The Labute approximate surface area is 142 Å². The molecular weight excluding hydrogens is 300 g/mol. The predicted octanol–water partition coefficient (Wildman–Crippen LogP) is 3.83. The van der Waals surface area contributed by atoms with Gasteiger partial charge in [-0.3, -0.25) is 9.59 Å². The monoisotopic (exact) mass is 322 g/mol. The van der Waals surface area contributed by atoms with Crippen molar-refractivity contribution >= 4 is 23.6 Å². The maximum atomic E-state index is 12.6. The summed E-state index contributed by atoms with van der Waals surface area (Å²) in [5.41, 5.74) is 1.13. The number of carbonyl (C=O) groups excluding carboxylic acids is 2. The normalized spacial score (nSPS) is 11.7. The molecular formula is C20H22N2O2. The van der Waals surface area contributed by atoms with Gasteiger partial charge >= 0.3 is 0 Å². The van der Waals surface area contributed by atoms with Gasteiger partial charge in [0.25, 0.3) is 5.91 Å². The minimum absolute atomic E-state index is 0.213. The molecule has 0 atom stereocenters. The van der Waals surface area contributed by atoms with E-state index in [2.05, 4.69) is 10.6 Å². The molecule has 0 fully saturated rings. The van der Waals surface area contributed by atoms with Crippen LogP contribution in [0.3, 0.4) is 0 Å². The van der Waals surface area contributed by atoms with Crippen molar-refractivity contribution in [3.8, 4) is 0 Å². The maximum absolute atomic E-state index is 12.6. The molecule has 2 amide bonds. The molecule has 0 heterocycles. The molecule has 2 rings (SSSR count). The summed E-state index contributed by atoms with van der Waals surface area (Å²) >= 11 is 0. The van der Waals surface area contributed by atoms with Crippen LogP contribution >= 0.6 is 0 Å². The van der Waals surface area contributed by atoms with Crippen molar-refractivity contribution < 1.29 is 9.59 Å². The predicted molar refractivity (Wildman–Crippen MR) is 97.1 cm³/mol. The third-order valence-electron chi connectivity index (χ3n) is 3.32. The Morgan fingerprint density at radius 1 is 0.875 bits per heavy atom. The summed E-state index contributed by atoms with van der Waals surface area (Å²) in [6.45, 7) is 5.41. The van der Waals surface area contributed by atoms with Crippen molar-refractivity contribution in [1.29, 1.82) is 0 Å². The van der Waals surface area contributed by atoms with Gasteiger partial charge in [0.05, 0.1) is 0 Å². The summed E-state index contributed by atoms with van der Waals surface area (Å²) in [5.74, 6) is -0.574. The van der Waals surface area contributed by atoms with Crippen molar-refractivity contribution in [1.82, 2.24) is 5.32 Å². The SMILES string of the molecule is CC(C)(C)C(=O)N/C(=C/c1ccccc1)C(=O)Nc1ccccc1. The third kappa shape index (κ3) is 5.09. The van der Waals surface area contributed by atoms with Crippen molar-refractivity contribution in [3.05, 3.63) is 71.9 Å². The van der Waals surface area contributed by atoms with Crippen LogP contribution in [0.15, 0.2) is 66.4 Å². The average Bonchev–Trinajstić information content (AvgIpc) is 2.55. The van der Waals surface area contributed by atoms with Crippen LogP contribution in [0.2, 0.25) is 0 Å². The molecule has 0 aliphatic heterocycles. The van der Waals surface area contributed by atoms with E-state index in [1.165, 1.54) is 0 Å². The number of carbonyl (C=O) groups is 2. The summed E-state index contributed by atoms with van der Waals surface area (Å²) in [4.78, 5) is 24.9. The number of para-hydroxylation sites is 1. The Bertz CT molecular complexity index is 729. The summed E-state index contributed by atoms with van der Waals surface area (Å²) < 4.78 is 0.